The number of guanidine groups is 1. The van der Waals surface area contributed by atoms with Gasteiger partial charge in [0.2, 0.25) is 5.91 Å². The second kappa shape index (κ2) is 9.50. The van der Waals surface area contributed by atoms with Gasteiger partial charge in [-0.15, -0.1) is 0 Å². The SMILES string of the molecule is CCNC(=NCc1ccccc1CN1CCCC1=O)NCC1(c2cccc(F)c2)CC1. The minimum atomic E-state index is -0.183. The summed E-state index contributed by atoms with van der Waals surface area (Å²) in [5.41, 5.74) is 3.32. The molecule has 0 bridgehead atoms. The van der Waals surface area contributed by atoms with Crippen molar-refractivity contribution >= 4 is 11.9 Å². The molecule has 1 heterocycles. The average Bonchev–Trinajstić information content (AvgIpc) is 3.47. The van der Waals surface area contributed by atoms with E-state index in [1.165, 1.54) is 6.07 Å². The lowest BCUT2D eigenvalue weighted by molar-refractivity contribution is -0.128. The lowest BCUT2D eigenvalue weighted by Gasteiger charge is -2.20. The fourth-order valence-electron chi connectivity index (χ4n) is 4.24. The Kier molecular flexibility index (Phi) is 6.54. The molecule has 0 unspecified atom stereocenters. The van der Waals surface area contributed by atoms with Gasteiger partial charge in [-0.1, -0.05) is 36.4 Å². The molecule has 0 radical (unpaired) electrons. The van der Waals surface area contributed by atoms with Gasteiger partial charge in [0.05, 0.1) is 6.54 Å². The number of rotatable bonds is 8. The molecule has 2 N–H and O–H groups in total. The third-order valence-corrected chi connectivity index (χ3v) is 6.29. The number of nitrogens with zero attached hydrogens (tertiary/aromatic N) is 2. The van der Waals surface area contributed by atoms with Gasteiger partial charge in [-0.2, -0.15) is 0 Å². The molecule has 0 spiro atoms. The number of hydrogen-bond donors (Lipinski definition) is 2. The molecule has 1 aliphatic heterocycles. The van der Waals surface area contributed by atoms with Crippen LogP contribution < -0.4 is 10.6 Å². The van der Waals surface area contributed by atoms with E-state index >= 15 is 0 Å². The maximum Gasteiger partial charge on any atom is 0.222 e. The molecule has 2 aliphatic rings. The van der Waals surface area contributed by atoms with E-state index in [-0.39, 0.29) is 17.1 Å². The first kappa shape index (κ1) is 21.3. The van der Waals surface area contributed by atoms with Gasteiger partial charge in [0.25, 0.3) is 0 Å². The van der Waals surface area contributed by atoms with Crippen LogP contribution >= 0.6 is 0 Å². The molecule has 0 atom stereocenters. The largest absolute Gasteiger partial charge is 0.357 e. The predicted molar refractivity (Wildman–Crippen MR) is 121 cm³/mol. The van der Waals surface area contributed by atoms with Crippen molar-refractivity contribution in [2.45, 2.75) is 51.1 Å². The molecule has 2 fully saturated rings. The van der Waals surface area contributed by atoms with Crippen LogP contribution in [0.4, 0.5) is 4.39 Å². The number of carbonyl (C=O) groups excluding carboxylic acids is 1. The number of aliphatic imine (C=N–C) groups is 1. The van der Waals surface area contributed by atoms with E-state index in [0.717, 1.165) is 61.5 Å². The van der Waals surface area contributed by atoms with Crippen LogP contribution in [-0.2, 0) is 23.3 Å². The van der Waals surface area contributed by atoms with Crippen molar-refractivity contribution in [3.05, 3.63) is 71.0 Å². The summed E-state index contributed by atoms with van der Waals surface area (Å²) < 4.78 is 13.7. The summed E-state index contributed by atoms with van der Waals surface area (Å²) in [6.45, 7) is 5.57. The number of benzene rings is 2. The molecule has 2 aromatic carbocycles. The van der Waals surface area contributed by atoms with Crippen molar-refractivity contribution in [1.29, 1.82) is 0 Å². The van der Waals surface area contributed by atoms with Gasteiger partial charge in [-0.05, 0) is 55.0 Å². The van der Waals surface area contributed by atoms with E-state index in [1.54, 1.807) is 12.1 Å². The van der Waals surface area contributed by atoms with Crippen molar-refractivity contribution < 1.29 is 9.18 Å². The number of hydrogen-bond acceptors (Lipinski definition) is 2. The quantitative estimate of drug-likeness (QED) is 0.503. The normalized spacial score (nSPS) is 17.7. The summed E-state index contributed by atoms with van der Waals surface area (Å²) in [6, 6.07) is 15.1. The Morgan fingerprint density at radius 2 is 1.94 bits per heavy atom. The van der Waals surface area contributed by atoms with E-state index in [0.29, 0.717) is 19.5 Å². The van der Waals surface area contributed by atoms with Crippen molar-refractivity contribution in [3.63, 3.8) is 0 Å². The van der Waals surface area contributed by atoms with Gasteiger partial charge in [0, 0.05) is 38.0 Å². The highest BCUT2D eigenvalue weighted by Crippen LogP contribution is 2.47. The summed E-state index contributed by atoms with van der Waals surface area (Å²) in [5, 5.41) is 6.78. The van der Waals surface area contributed by atoms with Gasteiger partial charge >= 0.3 is 0 Å². The second-order valence-electron chi connectivity index (χ2n) is 8.53. The smallest absolute Gasteiger partial charge is 0.222 e. The minimum absolute atomic E-state index is 0.00763. The Morgan fingerprint density at radius 1 is 1.13 bits per heavy atom. The molecule has 164 valence electrons. The molecule has 6 heteroatoms. The third-order valence-electron chi connectivity index (χ3n) is 6.29. The van der Waals surface area contributed by atoms with Gasteiger partial charge in [-0.3, -0.25) is 4.79 Å². The zero-order valence-corrected chi connectivity index (χ0v) is 18.2. The molecular weight excluding hydrogens is 391 g/mol. The standard InChI is InChI=1S/C25H31FN4O/c1-2-27-24(29-18-25(12-13-25)21-9-5-10-22(26)15-21)28-16-19-7-3-4-8-20(19)17-30-14-6-11-23(30)31/h3-5,7-10,15H,2,6,11-14,16-18H2,1H3,(H2,27,28,29). The Bertz CT molecular complexity index is 954. The maximum absolute atomic E-state index is 13.7. The van der Waals surface area contributed by atoms with Gasteiger partial charge in [0.1, 0.15) is 5.82 Å². The topological polar surface area (TPSA) is 56.7 Å². The number of nitrogens with one attached hydrogen (secondary N) is 2. The first-order valence-electron chi connectivity index (χ1n) is 11.2. The van der Waals surface area contributed by atoms with Crippen molar-refractivity contribution in [1.82, 2.24) is 15.5 Å². The minimum Gasteiger partial charge on any atom is -0.357 e. The van der Waals surface area contributed by atoms with Crippen LogP contribution in [0, 0.1) is 5.82 Å². The maximum atomic E-state index is 13.7. The van der Waals surface area contributed by atoms with Crippen LogP contribution in [0.25, 0.3) is 0 Å². The number of halogens is 1. The molecule has 1 amide bonds. The monoisotopic (exact) mass is 422 g/mol. The molecule has 31 heavy (non-hydrogen) atoms. The highest BCUT2D eigenvalue weighted by atomic mass is 19.1. The van der Waals surface area contributed by atoms with Crippen molar-refractivity contribution in [2.24, 2.45) is 4.99 Å². The van der Waals surface area contributed by atoms with Gasteiger partial charge in [-0.25, -0.2) is 9.38 Å². The molecule has 5 nitrogen and oxygen atoms in total. The summed E-state index contributed by atoms with van der Waals surface area (Å²) in [6.07, 6.45) is 3.70. The van der Waals surface area contributed by atoms with Crippen molar-refractivity contribution in [2.75, 3.05) is 19.6 Å². The number of carbonyl (C=O) groups is 1. The Morgan fingerprint density at radius 3 is 2.61 bits per heavy atom. The van der Waals surface area contributed by atoms with Crippen LogP contribution in [0.2, 0.25) is 0 Å². The Balaban J connectivity index is 1.42. The summed E-state index contributed by atoms with van der Waals surface area (Å²) in [7, 11) is 0. The Hall–Kier alpha value is -2.89. The van der Waals surface area contributed by atoms with E-state index in [4.69, 9.17) is 4.99 Å². The summed E-state index contributed by atoms with van der Waals surface area (Å²) >= 11 is 0. The second-order valence-corrected chi connectivity index (χ2v) is 8.53. The highest BCUT2D eigenvalue weighted by Gasteiger charge is 2.44. The molecule has 2 aromatic rings. The number of amides is 1. The predicted octanol–water partition coefficient (Wildman–Crippen LogP) is 3.74. The third kappa shape index (κ3) is 5.24. The van der Waals surface area contributed by atoms with E-state index in [9.17, 15) is 9.18 Å². The molecular formula is C25H31FN4O. The Labute approximate surface area is 183 Å². The van der Waals surface area contributed by atoms with Crippen LogP contribution in [0.3, 0.4) is 0 Å². The molecule has 4 rings (SSSR count). The first-order chi connectivity index (χ1) is 15.1. The fourth-order valence-corrected chi connectivity index (χ4v) is 4.24. The fraction of sp³-hybridized carbons (Fsp3) is 0.440. The lowest BCUT2D eigenvalue weighted by Crippen LogP contribution is -2.41. The zero-order valence-electron chi connectivity index (χ0n) is 18.2. The van der Waals surface area contributed by atoms with Crippen LogP contribution in [-0.4, -0.2) is 36.4 Å². The zero-order chi connectivity index (χ0) is 21.7. The molecule has 1 aliphatic carbocycles. The lowest BCUT2D eigenvalue weighted by atomic mass is 9.96. The number of likely N-dealkylation sites (tertiary alicyclic amines) is 1. The van der Waals surface area contributed by atoms with Crippen LogP contribution in [0.15, 0.2) is 53.5 Å². The van der Waals surface area contributed by atoms with E-state index < -0.39 is 0 Å². The molecule has 1 saturated carbocycles. The van der Waals surface area contributed by atoms with E-state index in [2.05, 4.69) is 22.8 Å². The van der Waals surface area contributed by atoms with Gasteiger partial charge in [0.15, 0.2) is 5.96 Å². The van der Waals surface area contributed by atoms with E-state index in [1.807, 2.05) is 30.0 Å². The van der Waals surface area contributed by atoms with Crippen LogP contribution in [0.1, 0.15) is 49.3 Å². The highest BCUT2D eigenvalue weighted by molar-refractivity contribution is 5.80. The first-order valence-corrected chi connectivity index (χ1v) is 11.2. The molecule has 0 aromatic heterocycles. The summed E-state index contributed by atoms with van der Waals surface area (Å²) in [4.78, 5) is 18.7. The van der Waals surface area contributed by atoms with Gasteiger partial charge < -0.3 is 15.5 Å². The van der Waals surface area contributed by atoms with Crippen LogP contribution in [0.5, 0.6) is 0 Å². The average molecular weight is 423 g/mol. The molecule has 1 saturated heterocycles. The van der Waals surface area contributed by atoms with Crippen molar-refractivity contribution in [3.8, 4) is 0 Å². The summed E-state index contributed by atoms with van der Waals surface area (Å²) in [5.74, 6) is 0.815.